The zero-order valence-electron chi connectivity index (χ0n) is 21.5. The fourth-order valence-corrected chi connectivity index (χ4v) is 4.18. The molecule has 2 aromatic rings. The molecule has 0 atom stereocenters. The lowest BCUT2D eigenvalue weighted by Crippen LogP contribution is -2.07. The van der Waals surface area contributed by atoms with E-state index < -0.39 is 0 Å². The van der Waals surface area contributed by atoms with E-state index in [1.165, 1.54) is 81.8 Å². The van der Waals surface area contributed by atoms with Crippen LogP contribution in [-0.2, 0) is 17.6 Å². The molecule has 0 saturated heterocycles. The lowest BCUT2D eigenvalue weighted by molar-refractivity contribution is -0.134. The molecular formula is C32H46O2. The molecule has 0 spiro atoms. The monoisotopic (exact) mass is 462 g/mol. The first-order valence-corrected chi connectivity index (χ1v) is 13.8. The molecular weight excluding hydrogens is 416 g/mol. The molecule has 0 saturated carbocycles. The van der Waals surface area contributed by atoms with Gasteiger partial charge in [-0.1, -0.05) is 113 Å². The van der Waals surface area contributed by atoms with Crippen molar-refractivity contribution in [1.82, 2.24) is 0 Å². The maximum absolute atomic E-state index is 12.1. The Kier molecular flexibility index (Phi) is 15.6. The second kappa shape index (κ2) is 19.0. The van der Waals surface area contributed by atoms with Gasteiger partial charge in [-0.15, -0.1) is 0 Å². The SMILES string of the molecule is CCCCCCCC/C=C\CCCCCCCC(=O)Oc1ccc(CCc2ccccc2)cc1. The van der Waals surface area contributed by atoms with Gasteiger partial charge in [0.2, 0.25) is 0 Å². The molecule has 0 amide bonds. The number of carbonyl (C=O) groups is 1. The van der Waals surface area contributed by atoms with Gasteiger partial charge in [-0.3, -0.25) is 4.79 Å². The first-order valence-electron chi connectivity index (χ1n) is 13.8. The predicted octanol–water partition coefficient (Wildman–Crippen LogP) is 9.41. The summed E-state index contributed by atoms with van der Waals surface area (Å²) in [5.41, 5.74) is 2.61. The number of carbonyl (C=O) groups excluding carboxylic acids is 1. The Balaban J connectivity index is 1.43. The number of hydrogen-bond acceptors (Lipinski definition) is 2. The zero-order chi connectivity index (χ0) is 24.1. The highest BCUT2D eigenvalue weighted by molar-refractivity contribution is 5.72. The topological polar surface area (TPSA) is 26.3 Å². The highest BCUT2D eigenvalue weighted by Crippen LogP contribution is 2.16. The number of hydrogen-bond donors (Lipinski definition) is 0. The van der Waals surface area contributed by atoms with Crippen LogP contribution in [0, 0.1) is 0 Å². The van der Waals surface area contributed by atoms with Gasteiger partial charge in [0.1, 0.15) is 5.75 Å². The van der Waals surface area contributed by atoms with E-state index in [4.69, 9.17) is 4.74 Å². The van der Waals surface area contributed by atoms with Crippen molar-refractivity contribution in [3.63, 3.8) is 0 Å². The molecule has 0 bridgehead atoms. The first-order chi connectivity index (χ1) is 16.8. The maximum Gasteiger partial charge on any atom is 0.311 e. The van der Waals surface area contributed by atoms with E-state index in [1.54, 1.807) is 0 Å². The van der Waals surface area contributed by atoms with Crippen LogP contribution in [0.15, 0.2) is 66.7 Å². The molecule has 2 nitrogen and oxygen atoms in total. The first kappa shape index (κ1) is 27.9. The Bertz CT molecular complexity index is 776. The molecule has 186 valence electrons. The van der Waals surface area contributed by atoms with E-state index in [0.29, 0.717) is 12.2 Å². The quantitative estimate of drug-likeness (QED) is 0.0899. The van der Waals surface area contributed by atoms with Gasteiger partial charge in [0.05, 0.1) is 0 Å². The third kappa shape index (κ3) is 14.0. The predicted molar refractivity (Wildman–Crippen MR) is 145 cm³/mol. The van der Waals surface area contributed by atoms with Gasteiger partial charge in [-0.05, 0) is 68.2 Å². The molecule has 0 radical (unpaired) electrons. The Morgan fingerprint density at radius 1 is 0.647 bits per heavy atom. The average Bonchev–Trinajstić information content (AvgIpc) is 2.86. The number of rotatable bonds is 19. The van der Waals surface area contributed by atoms with E-state index in [-0.39, 0.29) is 5.97 Å². The van der Waals surface area contributed by atoms with Gasteiger partial charge in [0.15, 0.2) is 0 Å². The molecule has 0 aliphatic heterocycles. The maximum atomic E-state index is 12.1. The summed E-state index contributed by atoms with van der Waals surface area (Å²) in [6.07, 6.45) is 23.7. The fraction of sp³-hybridized carbons (Fsp3) is 0.531. The minimum atomic E-state index is -0.116. The highest BCUT2D eigenvalue weighted by atomic mass is 16.5. The van der Waals surface area contributed by atoms with Crippen LogP contribution in [0.2, 0.25) is 0 Å². The van der Waals surface area contributed by atoms with Gasteiger partial charge in [-0.2, -0.15) is 0 Å². The second-order valence-electron chi connectivity index (χ2n) is 9.44. The lowest BCUT2D eigenvalue weighted by atomic mass is 10.0. The largest absolute Gasteiger partial charge is 0.427 e. The number of benzene rings is 2. The highest BCUT2D eigenvalue weighted by Gasteiger charge is 2.05. The lowest BCUT2D eigenvalue weighted by Gasteiger charge is -2.06. The Morgan fingerprint density at radius 2 is 1.18 bits per heavy atom. The van der Waals surface area contributed by atoms with Crippen LogP contribution in [0.4, 0.5) is 0 Å². The van der Waals surface area contributed by atoms with Crippen molar-refractivity contribution in [1.29, 1.82) is 0 Å². The van der Waals surface area contributed by atoms with E-state index in [2.05, 4.69) is 55.5 Å². The molecule has 0 fully saturated rings. The molecule has 2 aromatic carbocycles. The number of ether oxygens (including phenoxy) is 1. The molecule has 2 rings (SSSR count). The number of aryl methyl sites for hydroxylation is 2. The van der Waals surface area contributed by atoms with E-state index in [9.17, 15) is 4.79 Å². The summed E-state index contributed by atoms with van der Waals surface area (Å²) in [4.78, 5) is 12.1. The molecule has 2 heteroatoms. The summed E-state index contributed by atoms with van der Waals surface area (Å²) < 4.78 is 5.50. The van der Waals surface area contributed by atoms with Crippen LogP contribution < -0.4 is 4.74 Å². The minimum absolute atomic E-state index is 0.116. The summed E-state index contributed by atoms with van der Waals surface area (Å²) in [5, 5.41) is 0. The summed E-state index contributed by atoms with van der Waals surface area (Å²) in [7, 11) is 0. The Hall–Kier alpha value is -2.35. The van der Waals surface area contributed by atoms with Crippen LogP contribution in [-0.4, -0.2) is 5.97 Å². The van der Waals surface area contributed by atoms with Crippen LogP contribution in [0.25, 0.3) is 0 Å². The molecule has 0 heterocycles. The average molecular weight is 463 g/mol. The second-order valence-corrected chi connectivity index (χ2v) is 9.44. The van der Waals surface area contributed by atoms with Crippen LogP contribution in [0.3, 0.4) is 0 Å². The van der Waals surface area contributed by atoms with Crippen molar-refractivity contribution in [2.75, 3.05) is 0 Å². The van der Waals surface area contributed by atoms with Gasteiger partial charge >= 0.3 is 5.97 Å². The standard InChI is InChI=1S/C32H46O2/c1-2-3-4-5-6-7-8-9-10-11-12-13-14-15-19-22-32(33)34-31-27-25-30(26-28-31)24-23-29-20-17-16-18-21-29/h9-10,16-18,20-21,25-28H,2-8,11-15,19,22-24H2,1H3/b10-9-. The van der Waals surface area contributed by atoms with Crippen molar-refractivity contribution in [3.05, 3.63) is 77.9 Å². The summed E-state index contributed by atoms with van der Waals surface area (Å²) in [6, 6.07) is 18.5. The van der Waals surface area contributed by atoms with Crippen molar-refractivity contribution in [2.45, 2.75) is 110 Å². The van der Waals surface area contributed by atoms with Crippen molar-refractivity contribution in [2.24, 2.45) is 0 Å². The van der Waals surface area contributed by atoms with Crippen molar-refractivity contribution < 1.29 is 9.53 Å². The zero-order valence-corrected chi connectivity index (χ0v) is 21.5. The van der Waals surface area contributed by atoms with Crippen molar-refractivity contribution in [3.8, 4) is 5.75 Å². The number of allylic oxidation sites excluding steroid dienone is 2. The smallest absolute Gasteiger partial charge is 0.311 e. The molecule has 0 aromatic heterocycles. The Labute approximate surface area is 208 Å². The normalized spacial score (nSPS) is 11.2. The number of unbranched alkanes of at least 4 members (excludes halogenated alkanes) is 11. The fourth-order valence-electron chi connectivity index (χ4n) is 4.18. The minimum Gasteiger partial charge on any atom is -0.427 e. The van der Waals surface area contributed by atoms with Gasteiger partial charge < -0.3 is 4.74 Å². The Morgan fingerprint density at radius 3 is 1.79 bits per heavy atom. The summed E-state index contributed by atoms with van der Waals surface area (Å²) in [5.74, 6) is 0.538. The van der Waals surface area contributed by atoms with Crippen molar-refractivity contribution >= 4 is 5.97 Å². The van der Waals surface area contributed by atoms with E-state index >= 15 is 0 Å². The molecule has 0 aliphatic carbocycles. The van der Waals surface area contributed by atoms with Crippen LogP contribution >= 0.6 is 0 Å². The number of esters is 1. The third-order valence-electron chi connectivity index (χ3n) is 6.34. The van der Waals surface area contributed by atoms with E-state index in [1.807, 2.05) is 18.2 Å². The molecule has 0 aliphatic rings. The van der Waals surface area contributed by atoms with Gasteiger partial charge in [-0.25, -0.2) is 0 Å². The molecule has 0 N–H and O–H groups in total. The molecule has 0 unspecified atom stereocenters. The van der Waals surface area contributed by atoms with E-state index in [0.717, 1.165) is 25.7 Å². The van der Waals surface area contributed by atoms with Gasteiger partial charge in [0.25, 0.3) is 0 Å². The third-order valence-corrected chi connectivity index (χ3v) is 6.34. The molecule has 34 heavy (non-hydrogen) atoms. The van der Waals surface area contributed by atoms with Crippen LogP contribution in [0.1, 0.15) is 108 Å². The van der Waals surface area contributed by atoms with Crippen LogP contribution in [0.5, 0.6) is 5.75 Å². The van der Waals surface area contributed by atoms with Gasteiger partial charge in [0, 0.05) is 6.42 Å². The summed E-state index contributed by atoms with van der Waals surface area (Å²) >= 11 is 0. The summed E-state index contributed by atoms with van der Waals surface area (Å²) in [6.45, 7) is 2.27.